The number of nitrogens with zero attached hydrogens (tertiary/aromatic N) is 1. The molecule has 1 amide bonds. The van der Waals surface area contributed by atoms with Crippen LogP contribution in [0.15, 0.2) is 18.2 Å². The number of hydrogen-bond donors (Lipinski definition) is 1. The van der Waals surface area contributed by atoms with E-state index in [0.29, 0.717) is 30.8 Å². The summed E-state index contributed by atoms with van der Waals surface area (Å²) in [5.41, 5.74) is -0.190. The number of hydrogen-bond acceptors (Lipinski definition) is 4. The summed E-state index contributed by atoms with van der Waals surface area (Å²) < 4.78 is 10.6. The van der Waals surface area contributed by atoms with Crippen LogP contribution in [0.1, 0.15) is 44.1 Å². The lowest BCUT2D eigenvalue weighted by atomic mass is 9.80. The zero-order chi connectivity index (χ0) is 18.4. The Bertz CT molecular complexity index is 622. The van der Waals surface area contributed by atoms with Crippen molar-refractivity contribution in [2.24, 2.45) is 0 Å². The van der Waals surface area contributed by atoms with Crippen molar-refractivity contribution in [3.63, 3.8) is 0 Å². The number of ether oxygens (including phenoxy) is 2. The van der Waals surface area contributed by atoms with Gasteiger partial charge in [0.2, 0.25) is 5.91 Å². The number of rotatable bonds is 7. The largest absolute Gasteiger partial charge is 0.497 e. The van der Waals surface area contributed by atoms with Crippen LogP contribution >= 0.6 is 0 Å². The molecule has 0 unspecified atom stereocenters. The zero-order valence-electron chi connectivity index (χ0n) is 15.2. The van der Waals surface area contributed by atoms with Crippen LogP contribution in [0.3, 0.4) is 0 Å². The first-order valence-electron chi connectivity index (χ1n) is 8.65. The number of aryl methyl sites for hydroxylation is 1. The van der Waals surface area contributed by atoms with Crippen LogP contribution in [0.4, 0.5) is 0 Å². The normalized spacial score (nSPS) is 16.1. The monoisotopic (exact) mass is 349 g/mol. The maximum absolute atomic E-state index is 12.7. The Hall–Kier alpha value is -2.24. The highest BCUT2D eigenvalue weighted by molar-refractivity contribution is 5.87. The fourth-order valence-electron chi connectivity index (χ4n) is 3.55. The van der Waals surface area contributed by atoms with E-state index in [0.717, 1.165) is 24.8 Å². The molecule has 1 saturated carbocycles. The maximum atomic E-state index is 12.7. The molecule has 1 aliphatic rings. The molecule has 0 heterocycles. The maximum Gasteiger partial charge on any atom is 0.329 e. The van der Waals surface area contributed by atoms with Gasteiger partial charge >= 0.3 is 5.97 Å². The Morgan fingerprint density at radius 3 is 2.40 bits per heavy atom. The Morgan fingerprint density at radius 2 is 1.84 bits per heavy atom. The first kappa shape index (κ1) is 19.1. The van der Waals surface area contributed by atoms with Gasteiger partial charge in [0.15, 0.2) is 0 Å². The average Bonchev–Trinajstić information content (AvgIpc) is 2.65. The Labute approximate surface area is 148 Å². The SMILES string of the molecule is COc1ccc(OC)c(CCC(=O)N(C)C2(C(=O)O)CCCCC2)c1. The molecular weight excluding hydrogens is 322 g/mol. The molecule has 0 aliphatic heterocycles. The van der Waals surface area contributed by atoms with E-state index in [1.807, 2.05) is 12.1 Å². The summed E-state index contributed by atoms with van der Waals surface area (Å²) in [7, 11) is 4.79. The topological polar surface area (TPSA) is 76.1 Å². The third-order valence-corrected chi connectivity index (χ3v) is 5.19. The van der Waals surface area contributed by atoms with Crippen LogP contribution in [0.5, 0.6) is 11.5 Å². The molecule has 2 rings (SSSR count). The van der Waals surface area contributed by atoms with Gasteiger partial charge in [-0.1, -0.05) is 19.3 Å². The van der Waals surface area contributed by atoms with Crippen LogP contribution in [-0.2, 0) is 16.0 Å². The summed E-state index contributed by atoms with van der Waals surface area (Å²) in [6.45, 7) is 0. The van der Waals surface area contributed by atoms with Crippen LogP contribution in [0.25, 0.3) is 0 Å². The lowest BCUT2D eigenvalue weighted by Gasteiger charge is -2.41. The van der Waals surface area contributed by atoms with Gasteiger partial charge in [-0.2, -0.15) is 0 Å². The van der Waals surface area contributed by atoms with Gasteiger partial charge in [-0.05, 0) is 43.0 Å². The van der Waals surface area contributed by atoms with E-state index < -0.39 is 11.5 Å². The molecule has 1 aromatic rings. The molecule has 1 N–H and O–H groups in total. The molecule has 1 aromatic carbocycles. The number of carbonyl (C=O) groups excluding carboxylic acids is 1. The van der Waals surface area contributed by atoms with E-state index in [1.165, 1.54) is 4.90 Å². The summed E-state index contributed by atoms with van der Waals surface area (Å²) in [6, 6.07) is 5.46. The quantitative estimate of drug-likeness (QED) is 0.819. The first-order chi connectivity index (χ1) is 11.9. The number of aliphatic carboxylic acids is 1. The predicted molar refractivity (Wildman–Crippen MR) is 94.1 cm³/mol. The van der Waals surface area contributed by atoms with Crippen molar-refractivity contribution < 1.29 is 24.2 Å². The summed E-state index contributed by atoms with van der Waals surface area (Å²) >= 11 is 0. The lowest BCUT2D eigenvalue weighted by molar-refractivity contribution is -0.160. The van der Waals surface area contributed by atoms with Gasteiger partial charge in [0, 0.05) is 13.5 Å². The lowest BCUT2D eigenvalue weighted by Crippen LogP contribution is -2.56. The van der Waals surface area contributed by atoms with Crippen molar-refractivity contribution in [3.8, 4) is 11.5 Å². The second kappa shape index (κ2) is 8.23. The molecule has 6 nitrogen and oxygen atoms in total. The predicted octanol–water partition coefficient (Wildman–Crippen LogP) is 2.88. The van der Waals surface area contributed by atoms with Gasteiger partial charge in [0.25, 0.3) is 0 Å². The van der Waals surface area contributed by atoms with Crippen LogP contribution in [0.2, 0.25) is 0 Å². The van der Waals surface area contributed by atoms with E-state index in [4.69, 9.17) is 9.47 Å². The Morgan fingerprint density at radius 1 is 1.16 bits per heavy atom. The van der Waals surface area contributed by atoms with Crippen molar-refractivity contribution in [2.75, 3.05) is 21.3 Å². The highest BCUT2D eigenvalue weighted by atomic mass is 16.5. The van der Waals surface area contributed by atoms with Crippen molar-refractivity contribution in [3.05, 3.63) is 23.8 Å². The fourth-order valence-corrected chi connectivity index (χ4v) is 3.55. The van der Waals surface area contributed by atoms with Crippen molar-refractivity contribution in [2.45, 2.75) is 50.5 Å². The third-order valence-electron chi connectivity index (χ3n) is 5.19. The highest BCUT2D eigenvalue weighted by Crippen LogP contribution is 2.34. The molecule has 0 spiro atoms. The van der Waals surface area contributed by atoms with E-state index >= 15 is 0 Å². The van der Waals surface area contributed by atoms with Crippen LogP contribution in [0, 0.1) is 0 Å². The number of carbonyl (C=O) groups is 2. The first-order valence-corrected chi connectivity index (χ1v) is 8.65. The number of carboxylic acid groups (broad SMARTS) is 1. The number of benzene rings is 1. The molecule has 1 aliphatic carbocycles. The van der Waals surface area contributed by atoms with Gasteiger partial charge in [-0.25, -0.2) is 4.79 Å². The molecule has 0 aromatic heterocycles. The minimum absolute atomic E-state index is 0.158. The minimum atomic E-state index is -1.06. The van der Waals surface area contributed by atoms with Gasteiger partial charge in [-0.15, -0.1) is 0 Å². The molecule has 0 bridgehead atoms. The van der Waals surface area contributed by atoms with Gasteiger partial charge in [-0.3, -0.25) is 4.79 Å². The second-order valence-corrected chi connectivity index (χ2v) is 6.53. The van der Waals surface area contributed by atoms with Gasteiger partial charge in [0.1, 0.15) is 17.0 Å². The number of likely N-dealkylation sites (N-methyl/N-ethyl adjacent to an activating group) is 1. The minimum Gasteiger partial charge on any atom is -0.497 e. The third kappa shape index (κ3) is 4.06. The highest BCUT2D eigenvalue weighted by Gasteiger charge is 2.45. The van der Waals surface area contributed by atoms with Gasteiger partial charge in [0.05, 0.1) is 14.2 Å². The van der Waals surface area contributed by atoms with Crippen LogP contribution < -0.4 is 9.47 Å². The molecule has 0 radical (unpaired) electrons. The van der Waals surface area contributed by atoms with E-state index in [2.05, 4.69) is 0 Å². The van der Waals surface area contributed by atoms with E-state index in [9.17, 15) is 14.7 Å². The molecule has 138 valence electrons. The molecule has 0 atom stereocenters. The summed E-state index contributed by atoms with van der Waals surface area (Å²) in [6.07, 6.45) is 4.45. The molecule has 25 heavy (non-hydrogen) atoms. The fraction of sp³-hybridized carbons (Fsp3) is 0.579. The van der Waals surface area contributed by atoms with Crippen LogP contribution in [-0.4, -0.2) is 48.7 Å². The zero-order valence-corrected chi connectivity index (χ0v) is 15.2. The Balaban J connectivity index is 2.10. The summed E-state index contributed by atoms with van der Waals surface area (Å²) in [5.74, 6) is 0.337. The number of methoxy groups -OCH3 is 2. The number of amides is 1. The van der Waals surface area contributed by atoms with Gasteiger partial charge < -0.3 is 19.5 Å². The molecule has 0 saturated heterocycles. The average molecular weight is 349 g/mol. The Kier molecular flexibility index (Phi) is 6.28. The summed E-state index contributed by atoms with van der Waals surface area (Å²) in [5, 5.41) is 9.71. The second-order valence-electron chi connectivity index (χ2n) is 6.53. The van der Waals surface area contributed by atoms with E-state index in [1.54, 1.807) is 27.3 Å². The molecular formula is C19H27NO5. The summed E-state index contributed by atoms with van der Waals surface area (Å²) in [4.78, 5) is 26.0. The molecule has 6 heteroatoms. The number of carboxylic acids is 1. The van der Waals surface area contributed by atoms with Crippen molar-refractivity contribution >= 4 is 11.9 Å². The smallest absolute Gasteiger partial charge is 0.329 e. The van der Waals surface area contributed by atoms with Crippen molar-refractivity contribution in [1.29, 1.82) is 0 Å². The molecule has 1 fully saturated rings. The van der Waals surface area contributed by atoms with Crippen molar-refractivity contribution in [1.82, 2.24) is 4.90 Å². The standard InChI is InChI=1S/C19H27NO5/c1-20(19(18(22)23)11-5-4-6-12-19)17(21)10-7-14-13-15(24-2)8-9-16(14)25-3/h8-9,13H,4-7,10-12H2,1-3H3,(H,22,23). The van der Waals surface area contributed by atoms with E-state index in [-0.39, 0.29) is 12.3 Å².